The highest BCUT2D eigenvalue weighted by Gasteiger charge is 2.27. The van der Waals surface area contributed by atoms with Crippen molar-refractivity contribution in [3.05, 3.63) is 105 Å². The van der Waals surface area contributed by atoms with Crippen molar-refractivity contribution in [2.75, 3.05) is 0 Å². The maximum atomic E-state index is 12.6. The molecule has 0 bridgehead atoms. The molecule has 29 heavy (non-hydrogen) atoms. The van der Waals surface area contributed by atoms with E-state index in [-0.39, 0.29) is 17.2 Å². The van der Waals surface area contributed by atoms with Gasteiger partial charge in [0.15, 0.2) is 5.76 Å². The average Bonchev–Trinajstić information content (AvgIpc) is 3.02. The maximum absolute atomic E-state index is 12.6. The van der Waals surface area contributed by atoms with E-state index in [9.17, 15) is 14.9 Å². The molecule has 0 atom stereocenters. The molecule has 144 valence electrons. The lowest BCUT2D eigenvalue weighted by Gasteiger charge is -2.09. The summed E-state index contributed by atoms with van der Waals surface area (Å²) >= 11 is 0. The summed E-state index contributed by atoms with van der Waals surface area (Å²) in [7, 11) is 0. The Kier molecular flexibility index (Phi) is 4.83. The van der Waals surface area contributed by atoms with E-state index in [2.05, 4.69) is 0 Å². The van der Waals surface area contributed by atoms with Gasteiger partial charge < -0.3 is 9.47 Å². The molecule has 0 spiro atoms. The van der Waals surface area contributed by atoms with E-state index in [4.69, 9.17) is 9.47 Å². The van der Waals surface area contributed by atoms with E-state index < -0.39 is 4.92 Å². The Morgan fingerprint density at radius 3 is 2.55 bits per heavy atom. The Morgan fingerprint density at radius 2 is 1.83 bits per heavy atom. The first-order chi connectivity index (χ1) is 14.0. The monoisotopic (exact) mass is 387 g/mol. The first-order valence-electron chi connectivity index (χ1n) is 9.01. The van der Waals surface area contributed by atoms with E-state index in [0.29, 0.717) is 29.2 Å². The van der Waals surface area contributed by atoms with E-state index in [1.165, 1.54) is 12.1 Å². The number of ether oxygens (including phenoxy) is 2. The van der Waals surface area contributed by atoms with Gasteiger partial charge in [0.25, 0.3) is 5.69 Å². The number of allylic oxidation sites excluding steroid dienone is 1. The van der Waals surface area contributed by atoms with Gasteiger partial charge in [-0.25, -0.2) is 0 Å². The van der Waals surface area contributed by atoms with Gasteiger partial charge in [-0.3, -0.25) is 14.9 Å². The summed E-state index contributed by atoms with van der Waals surface area (Å²) in [5.74, 6) is 0.982. The van der Waals surface area contributed by atoms with E-state index in [1.54, 1.807) is 36.4 Å². The summed E-state index contributed by atoms with van der Waals surface area (Å²) in [6.07, 6.45) is 1.57. The molecule has 3 aromatic carbocycles. The predicted octanol–water partition coefficient (Wildman–Crippen LogP) is 5.10. The highest BCUT2D eigenvalue weighted by molar-refractivity contribution is 6.14. The number of aryl methyl sites for hydroxylation is 1. The zero-order chi connectivity index (χ0) is 20.4. The third kappa shape index (κ3) is 3.87. The number of nitrogens with zero attached hydrogens (tertiary/aromatic N) is 1. The minimum Gasteiger partial charge on any atom is -0.489 e. The van der Waals surface area contributed by atoms with Crippen molar-refractivity contribution in [2.24, 2.45) is 0 Å². The number of Topliss-reactive ketones (excluding diaryl/α,β-unsaturated/α-hetero) is 1. The number of hydrogen-bond donors (Lipinski definition) is 0. The fraction of sp³-hybridized carbons (Fsp3) is 0.0870. The fourth-order valence-electron chi connectivity index (χ4n) is 3.03. The Bertz CT molecular complexity index is 1130. The summed E-state index contributed by atoms with van der Waals surface area (Å²) in [4.78, 5) is 22.9. The Labute approximate surface area is 167 Å². The second-order valence-corrected chi connectivity index (χ2v) is 6.66. The molecular weight excluding hydrogens is 370 g/mol. The van der Waals surface area contributed by atoms with Crippen molar-refractivity contribution in [1.29, 1.82) is 0 Å². The number of hydrogen-bond acceptors (Lipinski definition) is 5. The second-order valence-electron chi connectivity index (χ2n) is 6.66. The number of nitro groups is 1. The number of benzene rings is 3. The molecule has 0 saturated heterocycles. The Hall–Kier alpha value is -3.93. The zero-order valence-electron chi connectivity index (χ0n) is 15.6. The van der Waals surface area contributed by atoms with Crippen LogP contribution in [0.3, 0.4) is 0 Å². The van der Waals surface area contributed by atoms with Gasteiger partial charge in [0, 0.05) is 18.2 Å². The molecule has 1 heterocycles. The van der Waals surface area contributed by atoms with Crippen LogP contribution in [-0.4, -0.2) is 10.7 Å². The van der Waals surface area contributed by atoms with Crippen LogP contribution in [0.2, 0.25) is 0 Å². The molecule has 0 radical (unpaired) electrons. The van der Waals surface area contributed by atoms with Crippen LogP contribution in [0.1, 0.15) is 27.0 Å². The zero-order valence-corrected chi connectivity index (χ0v) is 15.6. The van der Waals surface area contributed by atoms with Gasteiger partial charge in [0.05, 0.1) is 10.5 Å². The second kappa shape index (κ2) is 7.59. The van der Waals surface area contributed by atoms with Crippen molar-refractivity contribution in [3.63, 3.8) is 0 Å². The summed E-state index contributed by atoms with van der Waals surface area (Å²) in [5.41, 5.74) is 3.32. The number of rotatable bonds is 5. The van der Waals surface area contributed by atoms with Crippen molar-refractivity contribution >= 4 is 17.5 Å². The smallest absolute Gasteiger partial charge is 0.269 e. The topological polar surface area (TPSA) is 78.7 Å². The lowest BCUT2D eigenvalue weighted by molar-refractivity contribution is -0.384. The third-order valence-electron chi connectivity index (χ3n) is 4.70. The molecule has 6 heteroatoms. The quantitative estimate of drug-likeness (QED) is 0.346. The standard InChI is InChI=1S/C23H17NO5/c1-15-4-2-3-5-17(15)14-28-19-10-11-20-21(13-19)29-22(23(20)25)12-16-6-8-18(9-7-16)24(26)27/h2-13H,14H2,1H3. The highest BCUT2D eigenvalue weighted by Crippen LogP contribution is 2.35. The van der Waals surface area contributed by atoms with Crippen LogP contribution < -0.4 is 9.47 Å². The van der Waals surface area contributed by atoms with Gasteiger partial charge in [-0.1, -0.05) is 24.3 Å². The Morgan fingerprint density at radius 1 is 1.07 bits per heavy atom. The van der Waals surface area contributed by atoms with Gasteiger partial charge >= 0.3 is 0 Å². The van der Waals surface area contributed by atoms with Crippen LogP contribution in [0.15, 0.2) is 72.5 Å². The van der Waals surface area contributed by atoms with E-state index >= 15 is 0 Å². The molecule has 6 nitrogen and oxygen atoms in total. The summed E-state index contributed by atoms with van der Waals surface area (Å²) in [6.45, 7) is 2.45. The van der Waals surface area contributed by atoms with Crippen molar-refractivity contribution in [1.82, 2.24) is 0 Å². The van der Waals surface area contributed by atoms with Crippen LogP contribution in [0, 0.1) is 17.0 Å². The van der Waals surface area contributed by atoms with E-state index in [0.717, 1.165) is 11.1 Å². The molecule has 0 aromatic heterocycles. The number of non-ortho nitro benzene ring substituents is 1. The first kappa shape index (κ1) is 18.4. The fourth-order valence-corrected chi connectivity index (χ4v) is 3.03. The largest absolute Gasteiger partial charge is 0.489 e. The lowest BCUT2D eigenvalue weighted by Crippen LogP contribution is -1.98. The molecule has 1 aliphatic heterocycles. The average molecular weight is 387 g/mol. The van der Waals surface area contributed by atoms with Crippen LogP contribution in [0.25, 0.3) is 6.08 Å². The highest BCUT2D eigenvalue weighted by atomic mass is 16.6. The SMILES string of the molecule is Cc1ccccc1COc1ccc2c(c1)OC(=Cc1ccc([N+](=O)[O-])cc1)C2=O. The minimum atomic E-state index is -0.470. The van der Waals surface area contributed by atoms with Crippen molar-refractivity contribution in [2.45, 2.75) is 13.5 Å². The van der Waals surface area contributed by atoms with Gasteiger partial charge in [-0.15, -0.1) is 0 Å². The van der Waals surface area contributed by atoms with Crippen molar-refractivity contribution < 1.29 is 19.2 Å². The van der Waals surface area contributed by atoms with E-state index in [1.807, 2.05) is 31.2 Å². The normalized spacial score (nSPS) is 13.8. The molecule has 0 N–H and O–H groups in total. The van der Waals surface area contributed by atoms with Crippen LogP contribution in [0.5, 0.6) is 11.5 Å². The number of carbonyl (C=O) groups is 1. The van der Waals surface area contributed by atoms with Gasteiger partial charge in [0.1, 0.15) is 18.1 Å². The maximum Gasteiger partial charge on any atom is 0.269 e. The number of carbonyl (C=O) groups excluding carboxylic acids is 1. The van der Waals surface area contributed by atoms with Gasteiger partial charge in [0.2, 0.25) is 5.78 Å². The molecule has 0 unspecified atom stereocenters. The lowest BCUT2D eigenvalue weighted by atomic mass is 10.1. The van der Waals surface area contributed by atoms with Crippen LogP contribution >= 0.6 is 0 Å². The van der Waals surface area contributed by atoms with Crippen molar-refractivity contribution in [3.8, 4) is 11.5 Å². The van der Waals surface area contributed by atoms with Crippen LogP contribution in [0.4, 0.5) is 5.69 Å². The third-order valence-corrected chi connectivity index (χ3v) is 4.70. The molecular formula is C23H17NO5. The number of ketones is 1. The summed E-state index contributed by atoms with van der Waals surface area (Å²) in [5, 5.41) is 10.8. The first-order valence-corrected chi connectivity index (χ1v) is 9.01. The van der Waals surface area contributed by atoms with Crippen LogP contribution in [-0.2, 0) is 6.61 Å². The molecule has 4 rings (SSSR count). The molecule has 0 saturated carbocycles. The minimum absolute atomic E-state index is 0.00968. The van der Waals surface area contributed by atoms with Gasteiger partial charge in [-0.05, 0) is 54.0 Å². The molecule has 1 aliphatic rings. The molecule has 0 fully saturated rings. The number of fused-ring (bicyclic) bond motifs is 1. The number of nitro benzene ring substituents is 1. The summed E-state index contributed by atoms with van der Waals surface area (Å²) < 4.78 is 11.6. The molecule has 0 aliphatic carbocycles. The Balaban J connectivity index is 1.51. The summed E-state index contributed by atoms with van der Waals surface area (Å²) in [6, 6.07) is 19.0. The molecule has 3 aromatic rings. The predicted molar refractivity (Wildman–Crippen MR) is 108 cm³/mol. The van der Waals surface area contributed by atoms with Gasteiger partial charge in [-0.2, -0.15) is 0 Å². The molecule has 0 amide bonds.